The van der Waals surface area contributed by atoms with Gasteiger partial charge in [0, 0.05) is 33.0 Å². The van der Waals surface area contributed by atoms with Crippen molar-refractivity contribution in [1.82, 2.24) is 4.72 Å². The number of sulfonamides is 1. The van der Waals surface area contributed by atoms with Crippen molar-refractivity contribution in [3.63, 3.8) is 0 Å². The van der Waals surface area contributed by atoms with Gasteiger partial charge >= 0.3 is 0 Å². The third-order valence-corrected chi connectivity index (χ3v) is 6.25. The standard InChI is InChI=1S/C12H11BrClFN2O2S2/c13-9-1-2-20-10(9)6-17-21(18,19)11-4-8(14)3-7(5-16)12(11)15/h1-4,17H,5-6,16H2. The molecule has 1 heterocycles. The Labute approximate surface area is 139 Å². The molecule has 0 amide bonds. The Bertz CT molecular complexity index is 765. The Morgan fingerprint density at radius 1 is 1.43 bits per heavy atom. The van der Waals surface area contributed by atoms with Gasteiger partial charge in [0.25, 0.3) is 0 Å². The van der Waals surface area contributed by atoms with E-state index in [0.717, 1.165) is 15.4 Å². The topological polar surface area (TPSA) is 72.2 Å². The molecule has 9 heteroatoms. The number of hydrogen-bond acceptors (Lipinski definition) is 4. The third-order valence-electron chi connectivity index (χ3n) is 2.70. The van der Waals surface area contributed by atoms with Crippen molar-refractivity contribution in [2.24, 2.45) is 5.73 Å². The monoisotopic (exact) mass is 412 g/mol. The molecule has 0 radical (unpaired) electrons. The minimum absolute atomic E-state index is 0.0557. The fourth-order valence-corrected chi connectivity index (χ4v) is 4.62. The highest BCUT2D eigenvalue weighted by Crippen LogP contribution is 2.25. The van der Waals surface area contributed by atoms with Crippen LogP contribution in [0, 0.1) is 5.82 Å². The maximum absolute atomic E-state index is 14.1. The van der Waals surface area contributed by atoms with Crippen LogP contribution in [-0.4, -0.2) is 8.42 Å². The van der Waals surface area contributed by atoms with Crippen LogP contribution in [0.5, 0.6) is 0 Å². The summed E-state index contributed by atoms with van der Waals surface area (Å²) >= 11 is 10.5. The Hall–Kier alpha value is -0.510. The first-order chi connectivity index (χ1) is 9.85. The van der Waals surface area contributed by atoms with Gasteiger partial charge in [-0.2, -0.15) is 0 Å². The number of rotatable bonds is 5. The highest BCUT2D eigenvalue weighted by Gasteiger charge is 2.22. The number of nitrogens with two attached hydrogens (primary N) is 1. The molecule has 0 bridgehead atoms. The number of halogens is 3. The smallest absolute Gasteiger partial charge is 0.243 e. The van der Waals surface area contributed by atoms with E-state index in [2.05, 4.69) is 20.7 Å². The fourth-order valence-electron chi connectivity index (χ4n) is 1.65. The minimum Gasteiger partial charge on any atom is -0.326 e. The van der Waals surface area contributed by atoms with Crippen LogP contribution in [0.15, 0.2) is 32.9 Å². The van der Waals surface area contributed by atoms with E-state index in [1.165, 1.54) is 17.4 Å². The molecule has 0 atom stereocenters. The number of benzene rings is 1. The van der Waals surface area contributed by atoms with E-state index in [1.807, 2.05) is 5.38 Å². The molecule has 1 aromatic heterocycles. The molecule has 3 N–H and O–H groups in total. The number of nitrogens with one attached hydrogen (secondary N) is 1. The maximum Gasteiger partial charge on any atom is 0.243 e. The lowest BCUT2D eigenvalue weighted by molar-refractivity contribution is 0.550. The molecule has 0 saturated heterocycles. The second-order valence-electron chi connectivity index (χ2n) is 4.10. The van der Waals surface area contributed by atoms with Crippen LogP contribution in [0.1, 0.15) is 10.4 Å². The molecule has 1 aromatic carbocycles. The van der Waals surface area contributed by atoms with Gasteiger partial charge in [-0.25, -0.2) is 17.5 Å². The van der Waals surface area contributed by atoms with Gasteiger partial charge in [0.2, 0.25) is 10.0 Å². The van der Waals surface area contributed by atoms with Crippen molar-refractivity contribution in [1.29, 1.82) is 0 Å². The van der Waals surface area contributed by atoms with Crippen molar-refractivity contribution in [2.45, 2.75) is 18.0 Å². The molecule has 21 heavy (non-hydrogen) atoms. The molecule has 0 aliphatic rings. The lowest BCUT2D eigenvalue weighted by Gasteiger charge is -2.10. The molecule has 2 aromatic rings. The molecule has 0 unspecified atom stereocenters. The molecular weight excluding hydrogens is 403 g/mol. The largest absolute Gasteiger partial charge is 0.326 e. The van der Waals surface area contributed by atoms with E-state index in [9.17, 15) is 12.8 Å². The van der Waals surface area contributed by atoms with Crippen LogP contribution in [0.2, 0.25) is 5.02 Å². The highest BCUT2D eigenvalue weighted by atomic mass is 79.9. The first-order valence-corrected chi connectivity index (χ1v) is 9.28. The summed E-state index contributed by atoms with van der Waals surface area (Å²) in [5.41, 5.74) is 5.44. The molecule has 0 fully saturated rings. The SMILES string of the molecule is NCc1cc(Cl)cc(S(=O)(=O)NCc2sccc2Br)c1F. The van der Waals surface area contributed by atoms with Crippen molar-refractivity contribution >= 4 is 48.9 Å². The summed E-state index contributed by atoms with van der Waals surface area (Å²) in [6.45, 7) is -0.0735. The Balaban J connectivity index is 2.32. The van der Waals surface area contributed by atoms with Gasteiger partial charge in [-0.15, -0.1) is 11.3 Å². The second-order valence-corrected chi connectivity index (χ2v) is 8.12. The highest BCUT2D eigenvalue weighted by molar-refractivity contribution is 9.10. The van der Waals surface area contributed by atoms with Crippen molar-refractivity contribution in [2.75, 3.05) is 0 Å². The molecule has 114 valence electrons. The number of thiophene rings is 1. The Morgan fingerprint density at radius 2 is 2.14 bits per heavy atom. The normalized spacial score (nSPS) is 11.8. The minimum atomic E-state index is -4.02. The molecule has 0 saturated carbocycles. The molecular formula is C12H11BrClFN2O2S2. The van der Waals surface area contributed by atoms with Crippen molar-refractivity contribution in [3.05, 3.63) is 49.3 Å². The van der Waals surface area contributed by atoms with Crippen LogP contribution in [0.4, 0.5) is 4.39 Å². The van der Waals surface area contributed by atoms with E-state index in [-0.39, 0.29) is 23.7 Å². The van der Waals surface area contributed by atoms with Crippen LogP contribution >= 0.6 is 38.9 Å². The lowest BCUT2D eigenvalue weighted by Crippen LogP contribution is -2.24. The average Bonchev–Trinajstić information content (AvgIpc) is 2.84. The second kappa shape index (κ2) is 6.72. The Morgan fingerprint density at radius 3 is 2.71 bits per heavy atom. The van der Waals surface area contributed by atoms with Gasteiger partial charge in [0.05, 0.1) is 0 Å². The average molecular weight is 414 g/mol. The van der Waals surface area contributed by atoms with Gasteiger partial charge in [0.15, 0.2) is 0 Å². The third kappa shape index (κ3) is 3.82. The molecule has 2 rings (SSSR count). The maximum atomic E-state index is 14.1. The summed E-state index contributed by atoms with van der Waals surface area (Å²) in [5.74, 6) is -0.875. The zero-order valence-electron chi connectivity index (χ0n) is 10.6. The molecule has 0 aliphatic heterocycles. The number of hydrogen-bond donors (Lipinski definition) is 2. The molecule has 0 spiro atoms. The first kappa shape index (κ1) is 16.9. The van der Waals surface area contributed by atoms with E-state index in [0.29, 0.717) is 0 Å². The summed E-state index contributed by atoms with van der Waals surface area (Å²) in [6, 6.07) is 4.19. The summed E-state index contributed by atoms with van der Waals surface area (Å²) in [6.07, 6.45) is 0. The zero-order valence-corrected chi connectivity index (χ0v) is 14.5. The van der Waals surface area contributed by atoms with Crippen LogP contribution < -0.4 is 10.5 Å². The van der Waals surface area contributed by atoms with Crippen LogP contribution in [0.3, 0.4) is 0 Å². The van der Waals surface area contributed by atoms with Gasteiger partial charge < -0.3 is 5.73 Å². The predicted octanol–water partition coefficient (Wildman–Crippen LogP) is 3.24. The summed E-state index contributed by atoms with van der Waals surface area (Å²) in [5, 5.41) is 1.94. The zero-order chi connectivity index (χ0) is 15.6. The van der Waals surface area contributed by atoms with Crippen LogP contribution in [-0.2, 0) is 23.1 Å². The van der Waals surface area contributed by atoms with Crippen molar-refractivity contribution < 1.29 is 12.8 Å². The van der Waals surface area contributed by atoms with Gasteiger partial charge in [-0.05, 0) is 39.5 Å². The molecule has 0 aliphatic carbocycles. The van der Waals surface area contributed by atoms with Gasteiger partial charge in [-0.3, -0.25) is 0 Å². The first-order valence-electron chi connectivity index (χ1n) is 5.74. The summed E-state index contributed by atoms with van der Waals surface area (Å²) < 4.78 is 41.7. The van der Waals surface area contributed by atoms with E-state index in [1.54, 1.807) is 6.07 Å². The van der Waals surface area contributed by atoms with E-state index < -0.39 is 20.7 Å². The Kier molecular flexibility index (Phi) is 5.39. The lowest BCUT2D eigenvalue weighted by atomic mass is 10.2. The fraction of sp³-hybridized carbons (Fsp3) is 0.167. The summed E-state index contributed by atoms with van der Waals surface area (Å²) in [4.78, 5) is 0.295. The summed E-state index contributed by atoms with van der Waals surface area (Å²) in [7, 11) is -4.02. The van der Waals surface area contributed by atoms with E-state index in [4.69, 9.17) is 17.3 Å². The van der Waals surface area contributed by atoms with E-state index >= 15 is 0 Å². The predicted molar refractivity (Wildman–Crippen MR) is 85.3 cm³/mol. The van der Waals surface area contributed by atoms with Gasteiger partial charge in [0.1, 0.15) is 10.7 Å². The van der Waals surface area contributed by atoms with Crippen molar-refractivity contribution in [3.8, 4) is 0 Å². The molecule has 4 nitrogen and oxygen atoms in total. The quantitative estimate of drug-likeness (QED) is 0.790. The van der Waals surface area contributed by atoms with Crippen LogP contribution in [0.25, 0.3) is 0 Å². The van der Waals surface area contributed by atoms with Gasteiger partial charge in [-0.1, -0.05) is 11.6 Å².